The number of benzene rings is 3. The lowest BCUT2D eigenvalue weighted by atomic mass is 10.1. The number of carboxylic acid groups (broad SMARTS) is 1. The SMILES string of the molecule is COc1ccc(CCN(Cc2ccc(C(=O)O)cc2)c2nc3cc(Br)ccc3s2)cc1. The van der Waals surface area contributed by atoms with Crippen LogP contribution >= 0.6 is 27.3 Å². The van der Waals surface area contributed by atoms with Crippen LogP contribution in [0.5, 0.6) is 5.75 Å². The molecule has 0 fully saturated rings. The predicted octanol–water partition coefficient (Wildman–Crippen LogP) is 6.01. The van der Waals surface area contributed by atoms with E-state index >= 15 is 0 Å². The fraction of sp³-hybridized carbons (Fsp3) is 0.167. The van der Waals surface area contributed by atoms with Gasteiger partial charge >= 0.3 is 5.97 Å². The summed E-state index contributed by atoms with van der Waals surface area (Å²) in [6.07, 6.45) is 0.858. The number of thiazole rings is 1. The van der Waals surface area contributed by atoms with Crippen molar-refractivity contribution in [1.82, 2.24) is 4.98 Å². The molecule has 5 nitrogen and oxygen atoms in total. The first-order valence-electron chi connectivity index (χ1n) is 9.78. The van der Waals surface area contributed by atoms with Gasteiger partial charge in [-0.2, -0.15) is 0 Å². The van der Waals surface area contributed by atoms with Gasteiger partial charge in [0.05, 0.1) is 22.9 Å². The lowest BCUT2D eigenvalue weighted by molar-refractivity contribution is 0.0697. The molecule has 0 aliphatic heterocycles. The summed E-state index contributed by atoms with van der Waals surface area (Å²) in [6, 6.07) is 21.3. The summed E-state index contributed by atoms with van der Waals surface area (Å²) in [6.45, 7) is 1.44. The summed E-state index contributed by atoms with van der Waals surface area (Å²) in [5.74, 6) is -0.0736. The Balaban J connectivity index is 1.59. The molecule has 7 heteroatoms. The average Bonchev–Trinajstić information content (AvgIpc) is 3.20. The minimum atomic E-state index is -0.917. The van der Waals surface area contributed by atoms with Gasteiger partial charge in [0, 0.05) is 17.6 Å². The Morgan fingerprint density at radius 1 is 1.06 bits per heavy atom. The quantitative estimate of drug-likeness (QED) is 0.323. The van der Waals surface area contributed by atoms with E-state index in [1.54, 1.807) is 30.6 Å². The maximum atomic E-state index is 11.2. The summed E-state index contributed by atoms with van der Waals surface area (Å²) >= 11 is 5.18. The molecule has 0 atom stereocenters. The van der Waals surface area contributed by atoms with E-state index in [9.17, 15) is 4.79 Å². The number of fused-ring (bicyclic) bond motifs is 1. The average molecular weight is 497 g/mol. The van der Waals surface area contributed by atoms with Crippen LogP contribution in [-0.4, -0.2) is 29.7 Å². The van der Waals surface area contributed by atoms with Crippen molar-refractivity contribution in [3.05, 3.63) is 87.9 Å². The lowest BCUT2D eigenvalue weighted by Crippen LogP contribution is -2.25. The van der Waals surface area contributed by atoms with Crippen LogP contribution in [0.25, 0.3) is 10.2 Å². The minimum absolute atomic E-state index is 0.290. The molecule has 0 aliphatic rings. The molecule has 0 bridgehead atoms. The maximum absolute atomic E-state index is 11.2. The topological polar surface area (TPSA) is 62.7 Å². The second-order valence-corrected chi connectivity index (χ2v) is 9.05. The van der Waals surface area contributed by atoms with Crippen molar-refractivity contribution in [3.8, 4) is 5.75 Å². The van der Waals surface area contributed by atoms with Crippen LogP contribution in [0, 0.1) is 0 Å². The number of ether oxygens (including phenoxy) is 1. The molecule has 1 heterocycles. The van der Waals surface area contributed by atoms with Gasteiger partial charge in [0.25, 0.3) is 0 Å². The van der Waals surface area contributed by atoms with Crippen molar-refractivity contribution in [3.63, 3.8) is 0 Å². The molecule has 0 saturated carbocycles. The Morgan fingerprint density at radius 3 is 2.45 bits per heavy atom. The number of halogens is 1. The number of hydrogen-bond acceptors (Lipinski definition) is 5. The van der Waals surface area contributed by atoms with E-state index in [1.807, 2.05) is 36.4 Å². The Morgan fingerprint density at radius 2 is 1.77 bits per heavy atom. The molecule has 1 aromatic heterocycles. The van der Waals surface area contributed by atoms with Gasteiger partial charge in [-0.15, -0.1) is 0 Å². The van der Waals surface area contributed by atoms with E-state index < -0.39 is 5.97 Å². The van der Waals surface area contributed by atoms with Crippen molar-refractivity contribution in [2.45, 2.75) is 13.0 Å². The van der Waals surface area contributed by atoms with E-state index in [1.165, 1.54) is 5.56 Å². The smallest absolute Gasteiger partial charge is 0.335 e. The van der Waals surface area contributed by atoms with Crippen molar-refractivity contribution in [2.75, 3.05) is 18.6 Å². The molecular formula is C24H21BrN2O3S. The van der Waals surface area contributed by atoms with Gasteiger partial charge in [0.1, 0.15) is 5.75 Å². The van der Waals surface area contributed by atoms with Crippen molar-refractivity contribution >= 4 is 48.6 Å². The Kier molecular flexibility index (Phi) is 6.53. The Hall–Kier alpha value is -2.90. The molecule has 0 spiro atoms. The van der Waals surface area contributed by atoms with Gasteiger partial charge in [-0.05, 0) is 60.0 Å². The van der Waals surface area contributed by atoms with E-state index in [0.29, 0.717) is 12.1 Å². The number of carbonyl (C=O) groups is 1. The molecule has 0 amide bonds. The first kappa shape index (κ1) is 21.3. The molecule has 3 aromatic carbocycles. The summed E-state index contributed by atoms with van der Waals surface area (Å²) < 4.78 is 7.39. The highest BCUT2D eigenvalue weighted by Crippen LogP contribution is 2.31. The maximum Gasteiger partial charge on any atom is 0.335 e. The number of nitrogens with zero attached hydrogens (tertiary/aromatic N) is 2. The first-order valence-corrected chi connectivity index (χ1v) is 11.4. The first-order chi connectivity index (χ1) is 15.0. The summed E-state index contributed by atoms with van der Waals surface area (Å²) in [5.41, 5.74) is 3.51. The van der Waals surface area contributed by atoms with Gasteiger partial charge in [0.15, 0.2) is 5.13 Å². The zero-order valence-corrected chi connectivity index (χ0v) is 19.3. The molecule has 0 aliphatic carbocycles. The summed E-state index contributed by atoms with van der Waals surface area (Å²) in [5, 5.41) is 10.1. The number of rotatable bonds is 8. The minimum Gasteiger partial charge on any atom is -0.497 e. The number of anilines is 1. The second-order valence-electron chi connectivity index (χ2n) is 7.13. The second kappa shape index (κ2) is 9.49. The molecule has 0 radical (unpaired) electrons. The van der Waals surface area contributed by atoms with Gasteiger partial charge in [0.2, 0.25) is 0 Å². The number of hydrogen-bond donors (Lipinski definition) is 1. The number of aromatic carboxylic acids is 1. The molecule has 4 aromatic rings. The van der Waals surface area contributed by atoms with E-state index in [4.69, 9.17) is 14.8 Å². The van der Waals surface area contributed by atoms with Crippen LogP contribution in [-0.2, 0) is 13.0 Å². The third kappa shape index (κ3) is 5.24. The van der Waals surface area contributed by atoms with Crippen LogP contribution in [0.1, 0.15) is 21.5 Å². The van der Waals surface area contributed by atoms with Crippen molar-refractivity contribution < 1.29 is 14.6 Å². The largest absolute Gasteiger partial charge is 0.497 e. The fourth-order valence-electron chi connectivity index (χ4n) is 3.30. The van der Waals surface area contributed by atoms with Gasteiger partial charge in [-0.3, -0.25) is 0 Å². The van der Waals surface area contributed by atoms with Crippen LogP contribution < -0.4 is 9.64 Å². The van der Waals surface area contributed by atoms with E-state index in [2.05, 4.69) is 39.0 Å². The molecular weight excluding hydrogens is 476 g/mol. The lowest BCUT2D eigenvalue weighted by Gasteiger charge is -2.22. The van der Waals surface area contributed by atoms with Gasteiger partial charge in [-0.25, -0.2) is 9.78 Å². The van der Waals surface area contributed by atoms with Gasteiger partial charge < -0.3 is 14.7 Å². The zero-order chi connectivity index (χ0) is 21.8. The van der Waals surface area contributed by atoms with Crippen molar-refractivity contribution in [1.29, 1.82) is 0 Å². The zero-order valence-electron chi connectivity index (χ0n) is 16.9. The van der Waals surface area contributed by atoms with Gasteiger partial charge in [-0.1, -0.05) is 51.5 Å². The predicted molar refractivity (Wildman–Crippen MR) is 128 cm³/mol. The number of carboxylic acids is 1. The van der Waals surface area contributed by atoms with Crippen molar-refractivity contribution in [2.24, 2.45) is 0 Å². The molecule has 0 unspecified atom stereocenters. The highest BCUT2D eigenvalue weighted by Gasteiger charge is 2.14. The number of methoxy groups -OCH3 is 1. The highest BCUT2D eigenvalue weighted by molar-refractivity contribution is 9.10. The highest BCUT2D eigenvalue weighted by atomic mass is 79.9. The fourth-order valence-corrected chi connectivity index (χ4v) is 4.62. The molecule has 31 heavy (non-hydrogen) atoms. The molecule has 4 rings (SSSR count). The third-order valence-corrected chi connectivity index (χ3v) is 6.60. The summed E-state index contributed by atoms with van der Waals surface area (Å²) in [7, 11) is 1.66. The monoisotopic (exact) mass is 496 g/mol. The normalized spacial score (nSPS) is 10.9. The molecule has 0 saturated heterocycles. The Bertz CT molecular complexity index is 1190. The molecule has 158 valence electrons. The van der Waals surface area contributed by atoms with E-state index in [-0.39, 0.29) is 0 Å². The standard InChI is InChI=1S/C24H21BrN2O3S/c1-30-20-9-4-16(5-10-20)12-13-27(15-17-2-6-18(7-3-17)23(28)29)24-26-21-14-19(25)8-11-22(21)31-24/h2-11,14H,12-13,15H2,1H3,(H,28,29). The molecule has 1 N–H and O–H groups in total. The van der Waals surface area contributed by atoms with Crippen LogP contribution in [0.15, 0.2) is 71.2 Å². The summed E-state index contributed by atoms with van der Waals surface area (Å²) in [4.78, 5) is 18.3. The number of aromatic nitrogens is 1. The van der Waals surface area contributed by atoms with E-state index in [0.717, 1.165) is 44.1 Å². The third-order valence-electron chi connectivity index (χ3n) is 5.01. The van der Waals surface area contributed by atoms with Crippen LogP contribution in [0.2, 0.25) is 0 Å². The Labute approximate surface area is 193 Å². The van der Waals surface area contributed by atoms with Crippen LogP contribution in [0.4, 0.5) is 5.13 Å². The van der Waals surface area contributed by atoms with Crippen LogP contribution in [0.3, 0.4) is 0 Å².